The Kier molecular flexibility index (Phi) is 5.00. The number of hydrogen-bond donors (Lipinski definition) is 0. The quantitative estimate of drug-likeness (QED) is 0.767. The highest BCUT2D eigenvalue weighted by Crippen LogP contribution is 2.18. The van der Waals surface area contributed by atoms with E-state index in [1.165, 1.54) is 11.8 Å². The fourth-order valence-electron chi connectivity index (χ4n) is 1.48. The highest BCUT2D eigenvalue weighted by molar-refractivity contribution is 8.13. The molecule has 0 aromatic heterocycles. The summed E-state index contributed by atoms with van der Waals surface area (Å²) in [6, 6.07) is 19.4. The highest BCUT2D eigenvalue weighted by atomic mass is 32.2. The van der Waals surface area contributed by atoms with E-state index in [0.29, 0.717) is 6.61 Å². The first kappa shape index (κ1) is 12.9. The van der Waals surface area contributed by atoms with Crippen LogP contribution in [0.25, 0.3) is 0 Å². The molecule has 0 fully saturated rings. The summed E-state index contributed by atoms with van der Waals surface area (Å²) >= 11 is 1.21. The molecule has 18 heavy (non-hydrogen) atoms. The Bertz CT molecular complexity index is 482. The van der Waals surface area contributed by atoms with Crippen molar-refractivity contribution in [3.63, 3.8) is 0 Å². The Labute approximate surface area is 111 Å². The average Bonchev–Trinajstić information content (AvgIpc) is 2.41. The van der Waals surface area contributed by atoms with Gasteiger partial charge in [-0.05, 0) is 29.5 Å². The molecule has 0 bridgehead atoms. The lowest BCUT2D eigenvalue weighted by atomic mass is 10.2. The first-order chi connectivity index (χ1) is 8.84. The molecule has 0 aliphatic carbocycles. The van der Waals surface area contributed by atoms with Gasteiger partial charge >= 0.3 is 0 Å². The van der Waals surface area contributed by atoms with Gasteiger partial charge in [-0.15, -0.1) is 0 Å². The molecule has 2 nitrogen and oxygen atoms in total. The van der Waals surface area contributed by atoms with Crippen LogP contribution < -0.4 is 0 Å². The number of thioether (sulfide) groups is 1. The molecule has 2 aromatic carbocycles. The van der Waals surface area contributed by atoms with Crippen molar-refractivity contribution in [2.45, 2.75) is 11.5 Å². The Morgan fingerprint density at radius 1 is 0.944 bits per heavy atom. The van der Waals surface area contributed by atoms with Crippen molar-refractivity contribution < 1.29 is 9.53 Å². The summed E-state index contributed by atoms with van der Waals surface area (Å²) in [5.74, 6) is 0. The van der Waals surface area contributed by atoms with Gasteiger partial charge in [0.15, 0.2) is 0 Å². The molecule has 0 aliphatic heterocycles. The summed E-state index contributed by atoms with van der Waals surface area (Å²) in [6.07, 6.45) is 0. The lowest BCUT2D eigenvalue weighted by Crippen LogP contribution is -2.04. The maximum absolute atomic E-state index is 11.6. The summed E-state index contributed by atoms with van der Waals surface area (Å²) < 4.78 is 5.38. The molecule has 0 radical (unpaired) electrons. The zero-order valence-electron chi connectivity index (χ0n) is 9.91. The molecule has 0 unspecified atom stereocenters. The Balaban J connectivity index is 1.73. The molecule has 0 N–H and O–H groups in total. The lowest BCUT2D eigenvalue weighted by molar-refractivity contribution is -0.115. The second kappa shape index (κ2) is 6.99. The Hall–Kier alpha value is -1.58. The van der Waals surface area contributed by atoms with Crippen molar-refractivity contribution in [1.29, 1.82) is 0 Å². The number of ether oxygens (including phenoxy) is 1. The van der Waals surface area contributed by atoms with E-state index < -0.39 is 0 Å². The van der Waals surface area contributed by atoms with Crippen LogP contribution in [0.15, 0.2) is 65.6 Å². The van der Waals surface area contributed by atoms with Crippen LogP contribution in [0.5, 0.6) is 0 Å². The largest absolute Gasteiger partial charge is 0.368 e. The van der Waals surface area contributed by atoms with E-state index in [2.05, 4.69) is 0 Å². The van der Waals surface area contributed by atoms with Crippen molar-refractivity contribution >= 4 is 16.9 Å². The van der Waals surface area contributed by atoms with Gasteiger partial charge in [-0.2, -0.15) is 0 Å². The zero-order chi connectivity index (χ0) is 12.6. The van der Waals surface area contributed by atoms with Gasteiger partial charge < -0.3 is 4.74 Å². The summed E-state index contributed by atoms with van der Waals surface area (Å²) in [6.45, 7) is 0.608. The monoisotopic (exact) mass is 258 g/mol. The van der Waals surface area contributed by atoms with E-state index in [9.17, 15) is 4.79 Å². The van der Waals surface area contributed by atoms with Gasteiger partial charge in [-0.25, -0.2) is 0 Å². The minimum atomic E-state index is 0.0251. The van der Waals surface area contributed by atoms with Crippen molar-refractivity contribution in [2.24, 2.45) is 0 Å². The van der Waals surface area contributed by atoms with Crippen LogP contribution in [-0.4, -0.2) is 11.7 Å². The molecular weight excluding hydrogens is 244 g/mol. The molecule has 0 amide bonds. The van der Waals surface area contributed by atoms with Crippen LogP contribution in [0.4, 0.5) is 0 Å². The highest BCUT2D eigenvalue weighted by Gasteiger charge is 2.04. The summed E-state index contributed by atoms with van der Waals surface area (Å²) in [4.78, 5) is 12.6. The number of carbonyl (C=O) groups excluding carboxylic acids is 1. The lowest BCUT2D eigenvalue weighted by Gasteiger charge is -2.03. The summed E-state index contributed by atoms with van der Waals surface area (Å²) in [7, 11) is 0. The van der Waals surface area contributed by atoms with Crippen LogP contribution in [0.2, 0.25) is 0 Å². The third-order valence-electron chi connectivity index (χ3n) is 2.31. The first-order valence-electron chi connectivity index (χ1n) is 5.72. The SMILES string of the molecule is O=C(COCc1ccccc1)Sc1ccccc1. The van der Waals surface area contributed by atoms with Gasteiger partial charge in [0.05, 0.1) is 6.61 Å². The predicted molar refractivity (Wildman–Crippen MR) is 73.4 cm³/mol. The first-order valence-corrected chi connectivity index (χ1v) is 6.53. The maximum atomic E-state index is 11.6. The normalized spacial score (nSPS) is 10.2. The third-order valence-corrected chi connectivity index (χ3v) is 3.16. The number of rotatable bonds is 5. The van der Waals surface area contributed by atoms with E-state index >= 15 is 0 Å². The molecule has 0 atom stereocenters. The molecule has 0 heterocycles. The van der Waals surface area contributed by atoms with Gasteiger partial charge in [0, 0.05) is 4.90 Å². The van der Waals surface area contributed by atoms with Gasteiger partial charge in [0.2, 0.25) is 5.12 Å². The fourth-order valence-corrected chi connectivity index (χ4v) is 2.17. The molecule has 92 valence electrons. The van der Waals surface area contributed by atoms with Crippen LogP contribution in [0.1, 0.15) is 5.56 Å². The summed E-state index contributed by atoms with van der Waals surface area (Å²) in [5, 5.41) is 0.0251. The van der Waals surface area contributed by atoms with Gasteiger partial charge in [-0.1, -0.05) is 48.5 Å². The molecular formula is C15H14O2S. The molecule has 0 spiro atoms. The minimum absolute atomic E-state index is 0.0251. The minimum Gasteiger partial charge on any atom is -0.368 e. The standard InChI is InChI=1S/C15H14O2S/c16-15(18-14-9-5-2-6-10-14)12-17-11-13-7-3-1-4-8-13/h1-10H,11-12H2. The van der Waals surface area contributed by atoms with Crippen molar-refractivity contribution in [1.82, 2.24) is 0 Å². The molecule has 0 saturated heterocycles. The second-order valence-corrected chi connectivity index (χ2v) is 4.90. The fraction of sp³-hybridized carbons (Fsp3) is 0.133. The van der Waals surface area contributed by atoms with E-state index in [1.807, 2.05) is 60.7 Å². The van der Waals surface area contributed by atoms with Crippen molar-refractivity contribution in [2.75, 3.05) is 6.61 Å². The molecule has 0 saturated carbocycles. The molecule has 0 aliphatic rings. The molecule has 2 rings (SSSR count). The predicted octanol–water partition coefficient (Wildman–Crippen LogP) is 3.52. The van der Waals surface area contributed by atoms with Crippen molar-refractivity contribution in [3.8, 4) is 0 Å². The van der Waals surface area contributed by atoms with Gasteiger partial charge in [-0.3, -0.25) is 4.79 Å². The van der Waals surface area contributed by atoms with E-state index in [-0.39, 0.29) is 11.7 Å². The van der Waals surface area contributed by atoms with Gasteiger partial charge in [0.1, 0.15) is 6.61 Å². The molecule has 2 aromatic rings. The van der Waals surface area contributed by atoms with Crippen LogP contribution in [0.3, 0.4) is 0 Å². The van der Waals surface area contributed by atoms with E-state index in [0.717, 1.165) is 10.5 Å². The topological polar surface area (TPSA) is 26.3 Å². The number of carbonyl (C=O) groups is 1. The zero-order valence-corrected chi connectivity index (χ0v) is 10.7. The van der Waals surface area contributed by atoms with Crippen LogP contribution in [0, 0.1) is 0 Å². The Morgan fingerprint density at radius 2 is 1.56 bits per heavy atom. The van der Waals surface area contributed by atoms with Crippen LogP contribution in [-0.2, 0) is 16.1 Å². The number of hydrogen-bond acceptors (Lipinski definition) is 3. The molecule has 3 heteroatoms. The third kappa shape index (κ3) is 4.35. The van der Waals surface area contributed by atoms with Gasteiger partial charge in [0.25, 0.3) is 0 Å². The average molecular weight is 258 g/mol. The van der Waals surface area contributed by atoms with E-state index in [4.69, 9.17) is 4.74 Å². The van der Waals surface area contributed by atoms with Crippen molar-refractivity contribution in [3.05, 3.63) is 66.2 Å². The van der Waals surface area contributed by atoms with E-state index in [1.54, 1.807) is 0 Å². The Morgan fingerprint density at radius 3 is 2.22 bits per heavy atom. The van der Waals surface area contributed by atoms with Crippen LogP contribution >= 0.6 is 11.8 Å². The second-order valence-electron chi connectivity index (χ2n) is 3.77. The number of benzene rings is 2. The summed E-state index contributed by atoms with van der Waals surface area (Å²) in [5.41, 5.74) is 1.08. The smallest absolute Gasteiger partial charge is 0.219 e. The maximum Gasteiger partial charge on any atom is 0.219 e.